The maximum atomic E-state index is 15.4. The van der Waals surface area contributed by atoms with Gasteiger partial charge in [-0.2, -0.15) is 0 Å². The van der Waals surface area contributed by atoms with Gasteiger partial charge in [-0.25, -0.2) is 18.7 Å². The van der Waals surface area contributed by atoms with Crippen molar-refractivity contribution in [1.29, 1.82) is 0 Å². The van der Waals surface area contributed by atoms with E-state index in [1.54, 1.807) is 18.2 Å². The number of aliphatic carboxylic acids is 1. The van der Waals surface area contributed by atoms with Crippen molar-refractivity contribution in [3.05, 3.63) is 82.3 Å². The Balaban J connectivity index is 1.00. The number of aromatic nitrogens is 3. The lowest BCUT2D eigenvalue weighted by Crippen LogP contribution is -2.39. The van der Waals surface area contributed by atoms with Crippen LogP contribution in [0.4, 0.5) is 8.78 Å². The third-order valence-corrected chi connectivity index (χ3v) is 8.91. The Hall–Kier alpha value is -4.24. The molecular weight excluding hydrogens is 618 g/mol. The fourth-order valence-corrected chi connectivity index (χ4v) is 6.18. The zero-order valence-electron chi connectivity index (χ0n) is 24.8. The van der Waals surface area contributed by atoms with Crippen LogP contribution in [-0.4, -0.2) is 62.4 Å². The van der Waals surface area contributed by atoms with Gasteiger partial charge in [0.15, 0.2) is 17.4 Å². The lowest BCUT2D eigenvalue weighted by Gasteiger charge is -2.32. The van der Waals surface area contributed by atoms with Crippen LogP contribution in [0.15, 0.2) is 48.5 Å². The molecule has 2 aromatic heterocycles. The number of halogens is 3. The third kappa shape index (κ3) is 6.38. The Labute approximate surface area is 269 Å². The summed E-state index contributed by atoms with van der Waals surface area (Å²) >= 11 is 5.82. The smallest absolute Gasteiger partial charge is 0.320 e. The topological polar surface area (TPSA) is 98.9 Å². The van der Waals surface area contributed by atoms with E-state index in [1.807, 2.05) is 16.7 Å². The van der Waals surface area contributed by atoms with E-state index < -0.39 is 29.4 Å². The molecule has 1 aliphatic carbocycles. The van der Waals surface area contributed by atoms with Crippen molar-refractivity contribution in [3.63, 3.8) is 0 Å². The van der Waals surface area contributed by atoms with E-state index in [1.165, 1.54) is 18.2 Å². The maximum absolute atomic E-state index is 15.4. The van der Waals surface area contributed by atoms with E-state index in [2.05, 4.69) is 21.7 Å². The molecule has 4 heterocycles. The summed E-state index contributed by atoms with van der Waals surface area (Å²) in [7, 11) is 0. The lowest BCUT2D eigenvalue weighted by molar-refractivity contribution is -0.140. The Morgan fingerprint density at radius 3 is 2.59 bits per heavy atom. The quantitative estimate of drug-likeness (QED) is 0.211. The summed E-state index contributed by atoms with van der Waals surface area (Å²) in [6.07, 6.45) is 2.43. The number of likely N-dealkylation sites (tertiary alicyclic amines) is 1. The van der Waals surface area contributed by atoms with Crippen molar-refractivity contribution in [1.82, 2.24) is 19.4 Å². The number of imidazole rings is 1. The van der Waals surface area contributed by atoms with Gasteiger partial charge in [0.2, 0.25) is 5.88 Å². The van der Waals surface area contributed by atoms with Gasteiger partial charge in [0.05, 0.1) is 36.3 Å². The molecule has 3 aliphatic rings. The summed E-state index contributed by atoms with van der Waals surface area (Å²) in [6, 6.07) is 12.9. The first-order valence-electron chi connectivity index (χ1n) is 15.3. The number of carboxylic acids is 1. The molecule has 2 fully saturated rings. The average Bonchev–Trinajstić information content (AvgIpc) is 3.32. The number of nitrogens with zero attached hydrogens (tertiary/aromatic N) is 4. The zero-order chi connectivity index (χ0) is 31.8. The molecule has 2 saturated heterocycles. The molecule has 2 unspecified atom stereocenters. The Morgan fingerprint density at radius 1 is 1.07 bits per heavy atom. The summed E-state index contributed by atoms with van der Waals surface area (Å²) in [5, 5.41) is 9.77. The molecule has 0 amide bonds. The maximum Gasteiger partial charge on any atom is 0.320 e. The average molecular weight is 649 g/mol. The van der Waals surface area contributed by atoms with Gasteiger partial charge in [-0.3, -0.25) is 9.69 Å². The second kappa shape index (κ2) is 12.9. The molecule has 0 radical (unpaired) electrons. The Kier molecular flexibility index (Phi) is 8.51. The highest BCUT2D eigenvalue weighted by molar-refractivity contribution is 6.30. The third-order valence-electron chi connectivity index (χ3n) is 8.68. The predicted octanol–water partition coefficient (Wildman–Crippen LogP) is 5.58. The fraction of sp³-hybridized carbons (Fsp3) is 0.382. The monoisotopic (exact) mass is 648 g/mol. The summed E-state index contributed by atoms with van der Waals surface area (Å²) in [5.74, 6) is 3.46. The number of pyridine rings is 1. The number of hydrogen-bond donors (Lipinski definition) is 1. The predicted molar refractivity (Wildman–Crippen MR) is 165 cm³/mol. The minimum atomic E-state index is -1.00. The van der Waals surface area contributed by atoms with Crippen molar-refractivity contribution in [2.45, 2.75) is 57.1 Å². The van der Waals surface area contributed by atoms with Crippen LogP contribution in [0.5, 0.6) is 11.6 Å². The van der Waals surface area contributed by atoms with Crippen LogP contribution < -0.4 is 9.47 Å². The number of piperidine rings is 1. The highest BCUT2D eigenvalue weighted by Gasteiger charge is 2.34. The van der Waals surface area contributed by atoms with Gasteiger partial charge in [-0.15, -0.1) is 0 Å². The summed E-state index contributed by atoms with van der Waals surface area (Å²) in [5.41, 5.74) is 2.06. The molecule has 3 atom stereocenters. The molecule has 4 aromatic rings. The molecule has 7 rings (SSSR count). The van der Waals surface area contributed by atoms with E-state index >= 15 is 4.39 Å². The number of benzene rings is 2. The summed E-state index contributed by atoms with van der Waals surface area (Å²) < 4.78 is 49.0. The first-order valence-corrected chi connectivity index (χ1v) is 15.7. The number of ether oxygens (including phenoxy) is 3. The van der Waals surface area contributed by atoms with Crippen molar-refractivity contribution >= 4 is 28.6 Å². The highest BCUT2D eigenvalue weighted by Crippen LogP contribution is 2.34. The number of hydrogen-bond acceptors (Lipinski definition) is 7. The van der Waals surface area contributed by atoms with Crippen LogP contribution in [-0.2, 0) is 29.2 Å². The number of carboxylic acid groups (broad SMARTS) is 1. The van der Waals surface area contributed by atoms with Gasteiger partial charge >= 0.3 is 5.97 Å². The fourth-order valence-electron chi connectivity index (χ4n) is 6.02. The molecule has 2 aliphatic heterocycles. The second-order valence-electron chi connectivity index (χ2n) is 11.8. The van der Waals surface area contributed by atoms with Crippen molar-refractivity contribution < 1.29 is 32.9 Å². The SMILES string of the molecule is O=C(O)C1C#CC1c1cc(F)c2nc(CN3CCC(Oc4cccc(COc5ccc(Cl)cc5F)n4)CC3)n(C[C@@H]3CCO3)c2c1. The van der Waals surface area contributed by atoms with Crippen molar-refractivity contribution in [2.75, 3.05) is 19.7 Å². The Bertz CT molecular complexity index is 1840. The van der Waals surface area contributed by atoms with Gasteiger partial charge < -0.3 is 23.9 Å². The Morgan fingerprint density at radius 2 is 1.89 bits per heavy atom. The minimum absolute atomic E-state index is 0.0242. The summed E-state index contributed by atoms with van der Waals surface area (Å²) in [4.78, 5) is 23.1. The van der Waals surface area contributed by atoms with Crippen LogP contribution >= 0.6 is 11.6 Å². The van der Waals surface area contributed by atoms with Gasteiger partial charge in [-0.1, -0.05) is 29.5 Å². The summed E-state index contributed by atoms with van der Waals surface area (Å²) in [6.45, 7) is 3.34. The molecule has 0 bridgehead atoms. The van der Waals surface area contributed by atoms with Crippen LogP contribution in [0.3, 0.4) is 0 Å². The van der Waals surface area contributed by atoms with Gasteiger partial charge in [0.25, 0.3) is 0 Å². The molecule has 238 valence electrons. The number of carbonyl (C=O) groups is 1. The van der Waals surface area contributed by atoms with E-state index in [0.717, 1.165) is 38.2 Å². The van der Waals surface area contributed by atoms with Crippen molar-refractivity contribution in [3.8, 4) is 23.5 Å². The molecule has 9 nitrogen and oxygen atoms in total. The van der Waals surface area contributed by atoms with E-state index in [4.69, 9.17) is 30.8 Å². The normalized spacial score (nSPS) is 21.2. The van der Waals surface area contributed by atoms with E-state index in [0.29, 0.717) is 47.4 Å². The van der Waals surface area contributed by atoms with Crippen molar-refractivity contribution in [2.24, 2.45) is 5.92 Å². The largest absolute Gasteiger partial charge is 0.484 e. The van der Waals surface area contributed by atoms with Gasteiger partial charge in [0, 0.05) is 30.8 Å². The number of rotatable bonds is 11. The van der Waals surface area contributed by atoms with Crippen LogP contribution in [0, 0.1) is 29.4 Å². The lowest BCUT2D eigenvalue weighted by atomic mass is 9.80. The standard InChI is InChI=1S/C34H31ClF2N4O5/c35-21-4-7-30(27(36)16-21)45-19-22-2-1-3-32(38-22)46-23-8-11-40(12-9-23)18-31-39-33-28(37)14-20(25-5-6-26(25)34(42)43)15-29(33)41(31)17-24-10-13-44-24/h1-4,7,14-16,23-26H,8-13,17-19H2,(H,42,43)/t24-,25?,26?/m0/s1. The first kappa shape index (κ1) is 30.4. The molecule has 46 heavy (non-hydrogen) atoms. The molecule has 0 saturated carbocycles. The van der Waals surface area contributed by atoms with Gasteiger partial charge in [-0.05, 0) is 61.2 Å². The zero-order valence-corrected chi connectivity index (χ0v) is 25.6. The van der Waals surface area contributed by atoms with E-state index in [-0.39, 0.29) is 30.1 Å². The highest BCUT2D eigenvalue weighted by atomic mass is 35.5. The molecular formula is C34H31ClF2N4O5. The minimum Gasteiger partial charge on any atom is -0.484 e. The molecule has 1 N–H and O–H groups in total. The van der Waals surface area contributed by atoms with Crippen LogP contribution in [0.1, 0.15) is 42.3 Å². The molecule has 2 aromatic carbocycles. The van der Waals surface area contributed by atoms with Gasteiger partial charge in [0.1, 0.15) is 30.0 Å². The molecule has 0 spiro atoms. The second-order valence-corrected chi connectivity index (χ2v) is 12.2. The van der Waals surface area contributed by atoms with Crippen LogP contribution in [0.25, 0.3) is 11.0 Å². The van der Waals surface area contributed by atoms with E-state index in [9.17, 15) is 14.3 Å². The first-order chi connectivity index (χ1) is 22.3. The van der Waals surface area contributed by atoms with Crippen LogP contribution in [0.2, 0.25) is 5.02 Å². The molecule has 12 heteroatoms. The number of fused-ring (bicyclic) bond motifs is 1.